The number of amides is 2. The van der Waals surface area contributed by atoms with Gasteiger partial charge in [-0.2, -0.15) is 5.10 Å². The van der Waals surface area contributed by atoms with Gasteiger partial charge in [0.1, 0.15) is 6.33 Å². The van der Waals surface area contributed by atoms with E-state index in [0.29, 0.717) is 30.9 Å². The van der Waals surface area contributed by atoms with Gasteiger partial charge < -0.3 is 15.0 Å². The first-order valence-electron chi connectivity index (χ1n) is 7.69. The van der Waals surface area contributed by atoms with Gasteiger partial charge in [-0.25, -0.2) is 14.3 Å². The molecule has 2 aromatic rings. The van der Waals surface area contributed by atoms with E-state index < -0.39 is 0 Å². The third-order valence-electron chi connectivity index (χ3n) is 3.90. The van der Waals surface area contributed by atoms with Crippen LogP contribution in [0.2, 0.25) is 0 Å². The Bertz CT molecular complexity index is 706. The molecule has 0 unspecified atom stereocenters. The standard InChI is InChI=1S/C15H19N5O3/c1-2-23-15(22)19-6-4-12(5-7-19)18-14(21)11-3-8-20-13(9-11)16-10-17-20/h3,8-10,12H,2,4-7H2,1H3,(H,18,21). The van der Waals surface area contributed by atoms with Gasteiger partial charge in [0.2, 0.25) is 0 Å². The molecule has 1 saturated heterocycles. The molecule has 8 nitrogen and oxygen atoms in total. The second-order valence-electron chi connectivity index (χ2n) is 5.41. The average molecular weight is 317 g/mol. The van der Waals surface area contributed by atoms with E-state index in [1.807, 2.05) is 0 Å². The number of pyridine rings is 1. The lowest BCUT2D eigenvalue weighted by atomic mass is 10.0. The van der Waals surface area contributed by atoms with Crippen molar-refractivity contribution in [1.29, 1.82) is 0 Å². The number of carbonyl (C=O) groups excluding carboxylic acids is 2. The van der Waals surface area contributed by atoms with E-state index in [0.717, 1.165) is 12.8 Å². The van der Waals surface area contributed by atoms with Crippen LogP contribution in [0.3, 0.4) is 0 Å². The van der Waals surface area contributed by atoms with Crippen LogP contribution in [0.25, 0.3) is 5.65 Å². The van der Waals surface area contributed by atoms with E-state index in [1.165, 1.54) is 6.33 Å². The van der Waals surface area contributed by atoms with Crippen LogP contribution < -0.4 is 5.32 Å². The predicted molar refractivity (Wildman–Crippen MR) is 82.1 cm³/mol. The van der Waals surface area contributed by atoms with Crippen molar-refractivity contribution in [3.8, 4) is 0 Å². The molecule has 3 heterocycles. The molecule has 1 fully saturated rings. The molecule has 3 rings (SSSR count). The maximum atomic E-state index is 12.3. The van der Waals surface area contributed by atoms with Gasteiger partial charge in [0.15, 0.2) is 5.65 Å². The summed E-state index contributed by atoms with van der Waals surface area (Å²) in [4.78, 5) is 29.7. The molecule has 1 aliphatic heterocycles. The lowest BCUT2D eigenvalue weighted by Gasteiger charge is -2.31. The molecular formula is C15H19N5O3. The van der Waals surface area contributed by atoms with Gasteiger partial charge in [-0.3, -0.25) is 4.79 Å². The Labute approximate surface area is 133 Å². The first-order valence-corrected chi connectivity index (χ1v) is 7.69. The summed E-state index contributed by atoms with van der Waals surface area (Å²) in [6.45, 7) is 3.34. The SMILES string of the molecule is CCOC(=O)N1CCC(NC(=O)c2ccn3ncnc3c2)CC1. The molecule has 1 aliphatic rings. The zero-order chi connectivity index (χ0) is 16.2. The Balaban J connectivity index is 1.55. The molecule has 122 valence electrons. The molecule has 0 saturated carbocycles. The van der Waals surface area contributed by atoms with Crippen molar-refractivity contribution < 1.29 is 14.3 Å². The number of fused-ring (bicyclic) bond motifs is 1. The van der Waals surface area contributed by atoms with Crippen LogP contribution in [0.4, 0.5) is 4.79 Å². The number of aromatic nitrogens is 3. The minimum Gasteiger partial charge on any atom is -0.450 e. The topological polar surface area (TPSA) is 88.8 Å². The van der Waals surface area contributed by atoms with Crippen LogP contribution >= 0.6 is 0 Å². The number of carbonyl (C=O) groups is 2. The van der Waals surface area contributed by atoms with E-state index >= 15 is 0 Å². The van der Waals surface area contributed by atoms with Crippen LogP contribution in [-0.4, -0.2) is 57.2 Å². The van der Waals surface area contributed by atoms with Crippen molar-refractivity contribution in [2.45, 2.75) is 25.8 Å². The number of piperidine rings is 1. The number of rotatable bonds is 3. The summed E-state index contributed by atoms with van der Waals surface area (Å²) in [5.74, 6) is -0.134. The summed E-state index contributed by atoms with van der Waals surface area (Å²) in [6.07, 6.45) is 4.31. The smallest absolute Gasteiger partial charge is 0.409 e. The molecule has 0 radical (unpaired) electrons. The van der Waals surface area contributed by atoms with Crippen LogP contribution in [-0.2, 0) is 4.74 Å². The molecule has 8 heteroatoms. The molecule has 0 bridgehead atoms. The fraction of sp³-hybridized carbons (Fsp3) is 0.467. The van der Waals surface area contributed by atoms with Crippen LogP contribution in [0.1, 0.15) is 30.1 Å². The fourth-order valence-electron chi connectivity index (χ4n) is 2.65. The highest BCUT2D eigenvalue weighted by Gasteiger charge is 2.24. The van der Waals surface area contributed by atoms with E-state index in [4.69, 9.17) is 4.74 Å². The molecule has 0 aromatic carbocycles. The Morgan fingerprint density at radius 2 is 2.17 bits per heavy atom. The van der Waals surface area contributed by atoms with Gasteiger partial charge >= 0.3 is 6.09 Å². The highest BCUT2D eigenvalue weighted by Crippen LogP contribution is 2.13. The summed E-state index contributed by atoms with van der Waals surface area (Å²) in [5, 5.41) is 7.01. The maximum Gasteiger partial charge on any atom is 0.409 e. The maximum absolute atomic E-state index is 12.3. The summed E-state index contributed by atoms with van der Waals surface area (Å²) in [6, 6.07) is 3.48. The largest absolute Gasteiger partial charge is 0.450 e. The zero-order valence-corrected chi connectivity index (χ0v) is 12.9. The molecule has 0 spiro atoms. The number of hydrogen-bond donors (Lipinski definition) is 1. The first kappa shape index (κ1) is 15.3. The van der Waals surface area contributed by atoms with Crippen molar-refractivity contribution in [2.75, 3.05) is 19.7 Å². The van der Waals surface area contributed by atoms with Crippen LogP contribution in [0, 0.1) is 0 Å². The lowest BCUT2D eigenvalue weighted by molar-refractivity contribution is 0.0860. The quantitative estimate of drug-likeness (QED) is 0.915. The van der Waals surface area contributed by atoms with E-state index in [1.54, 1.807) is 34.7 Å². The molecule has 23 heavy (non-hydrogen) atoms. The predicted octanol–water partition coefficient (Wildman–Crippen LogP) is 1.08. The highest BCUT2D eigenvalue weighted by molar-refractivity contribution is 5.95. The van der Waals surface area contributed by atoms with E-state index in [-0.39, 0.29) is 18.0 Å². The monoisotopic (exact) mass is 317 g/mol. The van der Waals surface area contributed by atoms with Crippen molar-refractivity contribution in [2.24, 2.45) is 0 Å². The second kappa shape index (κ2) is 6.64. The number of likely N-dealkylation sites (tertiary alicyclic amines) is 1. The van der Waals surface area contributed by atoms with Gasteiger partial charge in [0.25, 0.3) is 5.91 Å². The molecule has 2 aromatic heterocycles. The second-order valence-corrected chi connectivity index (χ2v) is 5.41. The van der Waals surface area contributed by atoms with E-state index in [9.17, 15) is 9.59 Å². The first-order chi connectivity index (χ1) is 11.2. The van der Waals surface area contributed by atoms with Gasteiger partial charge in [-0.1, -0.05) is 0 Å². The lowest BCUT2D eigenvalue weighted by Crippen LogP contribution is -2.46. The van der Waals surface area contributed by atoms with Crippen LogP contribution in [0.15, 0.2) is 24.7 Å². The average Bonchev–Trinajstić information content (AvgIpc) is 3.03. The fourth-order valence-corrected chi connectivity index (χ4v) is 2.65. The van der Waals surface area contributed by atoms with Gasteiger partial charge in [-0.15, -0.1) is 0 Å². The molecule has 0 aliphatic carbocycles. The number of ether oxygens (including phenoxy) is 1. The Hall–Kier alpha value is -2.64. The Kier molecular flexibility index (Phi) is 4.40. The summed E-state index contributed by atoms with van der Waals surface area (Å²) < 4.78 is 6.59. The minimum atomic E-state index is -0.283. The third-order valence-corrected chi connectivity index (χ3v) is 3.90. The van der Waals surface area contributed by atoms with Crippen molar-refractivity contribution in [3.63, 3.8) is 0 Å². The summed E-state index contributed by atoms with van der Waals surface area (Å²) in [7, 11) is 0. The normalized spacial score (nSPS) is 15.6. The van der Waals surface area contributed by atoms with Gasteiger partial charge in [-0.05, 0) is 31.9 Å². The Morgan fingerprint density at radius 1 is 1.39 bits per heavy atom. The molecule has 0 atom stereocenters. The van der Waals surface area contributed by atoms with Crippen molar-refractivity contribution in [3.05, 3.63) is 30.2 Å². The number of nitrogens with zero attached hydrogens (tertiary/aromatic N) is 4. The third kappa shape index (κ3) is 3.41. The highest BCUT2D eigenvalue weighted by atomic mass is 16.6. The van der Waals surface area contributed by atoms with Crippen molar-refractivity contribution >= 4 is 17.6 Å². The zero-order valence-electron chi connectivity index (χ0n) is 12.9. The van der Waals surface area contributed by atoms with Crippen molar-refractivity contribution in [1.82, 2.24) is 24.8 Å². The van der Waals surface area contributed by atoms with Gasteiger partial charge in [0, 0.05) is 30.9 Å². The molecule has 1 N–H and O–H groups in total. The number of hydrogen-bond acceptors (Lipinski definition) is 5. The summed E-state index contributed by atoms with van der Waals surface area (Å²) in [5.41, 5.74) is 1.19. The summed E-state index contributed by atoms with van der Waals surface area (Å²) >= 11 is 0. The molecular weight excluding hydrogens is 298 g/mol. The number of nitrogens with one attached hydrogen (secondary N) is 1. The van der Waals surface area contributed by atoms with Gasteiger partial charge in [0.05, 0.1) is 6.61 Å². The minimum absolute atomic E-state index is 0.0577. The van der Waals surface area contributed by atoms with Crippen LogP contribution in [0.5, 0.6) is 0 Å². The van der Waals surface area contributed by atoms with E-state index in [2.05, 4.69) is 15.4 Å². The Morgan fingerprint density at radius 3 is 2.91 bits per heavy atom. The molecule has 2 amide bonds.